The van der Waals surface area contributed by atoms with Crippen molar-refractivity contribution in [3.8, 4) is 5.75 Å². The molecule has 0 fully saturated rings. The van der Waals surface area contributed by atoms with Crippen LogP contribution in [0.2, 0.25) is 0 Å². The first kappa shape index (κ1) is 11.5. The molecule has 0 aliphatic rings. The largest absolute Gasteiger partial charge is 0.492 e. The van der Waals surface area contributed by atoms with E-state index in [4.69, 9.17) is 10.5 Å². The molecule has 0 unspecified atom stereocenters. The van der Waals surface area contributed by atoms with E-state index in [1.807, 2.05) is 6.92 Å². The topological polar surface area (TPSA) is 78.4 Å². The average Bonchev–Trinajstić information content (AvgIpc) is 2.26. The van der Waals surface area contributed by atoms with Crippen LogP contribution in [0.25, 0.3) is 0 Å². The van der Waals surface area contributed by atoms with Gasteiger partial charge in [-0.25, -0.2) is 0 Å². The van der Waals surface area contributed by atoms with E-state index in [2.05, 4.69) is 0 Å². The maximum Gasteiger partial charge on any atom is 0.269 e. The summed E-state index contributed by atoms with van der Waals surface area (Å²) in [4.78, 5) is 9.93. The lowest BCUT2D eigenvalue weighted by molar-refractivity contribution is -0.384. The monoisotopic (exact) mass is 210 g/mol. The third-order valence-corrected chi connectivity index (χ3v) is 2.04. The molecule has 2 N–H and O–H groups in total. The highest BCUT2D eigenvalue weighted by Crippen LogP contribution is 2.17. The first-order valence-electron chi connectivity index (χ1n) is 4.76. The highest BCUT2D eigenvalue weighted by Gasteiger charge is 2.05. The summed E-state index contributed by atoms with van der Waals surface area (Å²) in [6, 6.07) is 5.96. The lowest BCUT2D eigenvalue weighted by Crippen LogP contribution is -2.26. The second kappa shape index (κ2) is 5.31. The van der Waals surface area contributed by atoms with E-state index < -0.39 is 4.92 Å². The molecule has 1 rings (SSSR count). The SMILES string of the molecule is CC[C@@H](N)COc1ccc([N+](=O)[O-])cc1. The van der Waals surface area contributed by atoms with Crippen LogP contribution in [0.4, 0.5) is 5.69 Å². The van der Waals surface area contributed by atoms with E-state index in [9.17, 15) is 10.1 Å². The van der Waals surface area contributed by atoms with Crippen molar-refractivity contribution in [1.82, 2.24) is 0 Å². The summed E-state index contributed by atoms with van der Waals surface area (Å²) in [5.41, 5.74) is 5.72. The molecule has 82 valence electrons. The summed E-state index contributed by atoms with van der Waals surface area (Å²) in [5.74, 6) is 0.601. The van der Waals surface area contributed by atoms with Crippen LogP contribution in [0.15, 0.2) is 24.3 Å². The minimum atomic E-state index is -0.443. The van der Waals surface area contributed by atoms with Crippen LogP contribution in [0.3, 0.4) is 0 Å². The van der Waals surface area contributed by atoms with Gasteiger partial charge in [-0.15, -0.1) is 0 Å². The normalized spacial score (nSPS) is 12.1. The smallest absolute Gasteiger partial charge is 0.269 e. The van der Waals surface area contributed by atoms with Crippen molar-refractivity contribution in [3.05, 3.63) is 34.4 Å². The number of hydrogen-bond acceptors (Lipinski definition) is 4. The number of nitrogens with zero attached hydrogens (tertiary/aromatic N) is 1. The van der Waals surface area contributed by atoms with Gasteiger partial charge in [-0.3, -0.25) is 10.1 Å². The number of nitro groups is 1. The molecule has 0 saturated carbocycles. The molecule has 0 saturated heterocycles. The first-order valence-corrected chi connectivity index (χ1v) is 4.76. The van der Waals surface area contributed by atoms with Crippen LogP contribution >= 0.6 is 0 Å². The van der Waals surface area contributed by atoms with Crippen molar-refractivity contribution >= 4 is 5.69 Å². The van der Waals surface area contributed by atoms with Crippen LogP contribution in [0.5, 0.6) is 5.75 Å². The number of benzene rings is 1. The number of nitro benzene ring substituents is 1. The van der Waals surface area contributed by atoms with E-state index in [1.165, 1.54) is 12.1 Å². The van der Waals surface area contributed by atoms with E-state index in [-0.39, 0.29) is 11.7 Å². The van der Waals surface area contributed by atoms with Crippen molar-refractivity contribution < 1.29 is 9.66 Å². The van der Waals surface area contributed by atoms with Crippen LogP contribution in [0, 0.1) is 10.1 Å². The second-order valence-electron chi connectivity index (χ2n) is 3.23. The number of ether oxygens (including phenoxy) is 1. The van der Waals surface area contributed by atoms with Crippen LogP contribution in [-0.4, -0.2) is 17.6 Å². The number of nitrogens with two attached hydrogens (primary N) is 1. The predicted octanol–water partition coefficient (Wildman–Crippen LogP) is 1.71. The van der Waals surface area contributed by atoms with Crippen molar-refractivity contribution in [3.63, 3.8) is 0 Å². The van der Waals surface area contributed by atoms with E-state index in [0.29, 0.717) is 12.4 Å². The number of non-ortho nitro benzene ring substituents is 1. The zero-order chi connectivity index (χ0) is 11.3. The summed E-state index contributed by atoms with van der Waals surface area (Å²) >= 11 is 0. The fourth-order valence-corrected chi connectivity index (χ4v) is 0.985. The number of hydrogen-bond donors (Lipinski definition) is 1. The summed E-state index contributed by atoms with van der Waals surface area (Å²) in [6.45, 7) is 2.40. The molecule has 0 bridgehead atoms. The molecule has 0 amide bonds. The molecule has 0 heterocycles. The first-order chi connectivity index (χ1) is 7.13. The molecule has 0 aromatic heterocycles. The molecule has 1 aromatic carbocycles. The van der Waals surface area contributed by atoms with Gasteiger partial charge in [0.1, 0.15) is 12.4 Å². The molecule has 1 atom stereocenters. The molecule has 0 aliphatic heterocycles. The van der Waals surface area contributed by atoms with Gasteiger partial charge < -0.3 is 10.5 Å². The van der Waals surface area contributed by atoms with Crippen molar-refractivity contribution in [2.75, 3.05) is 6.61 Å². The summed E-state index contributed by atoms with van der Waals surface area (Å²) in [6.07, 6.45) is 0.840. The summed E-state index contributed by atoms with van der Waals surface area (Å²) < 4.78 is 5.35. The van der Waals surface area contributed by atoms with Crippen molar-refractivity contribution in [2.24, 2.45) is 5.73 Å². The Labute approximate surface area is 88.0 Å². The lowest BCUT2D eigenvalue weighted by atomic mass is 10.2. The van der Waals surface area contributed by atoms with Crippen LogP contribution in [0.1, 0.15) is 13.3 Å². The Kier molecular flexibility index (Phi) is 4.05. The Bertz CT molecular complexity index is 324. The van der Waals surface area contributed by atoms with E-state index in [0.717, 1.165) is 6.42 Å². The van der Waals surface area contributed by atoms with Gasteiger partial charge in [0.2, 0.25) is 0 Å². The molecule has 0 radical (unpaired) electrons. The minimum absolute atomic E-state index is 0.000178. The Hall–Kier alpha value is -1.62. The van der Waals surface area contributed by atoms with Gasteiger partial charge in [-0.05, 0) is 18.6 Å². The van der Waals surface area contributed by atoms with Crippen molar-refractivity contribution in [1.29, 1.82) is 0 Å². The molecule has 15 heavy (non-hydrogen) atoms. The van der Waals surface area contributed by atoms with Gasteiger partial charge in [-0.2, -0.15) is 0 Å². The van der Waals surface area contributed by atoms with Gasteiger partial charge in [0, 0.05) is 18.2 Å². The zero-order valence-corrected chi connectivity index (χ0v) is 8.55. The highest BCUT2D eigenvalue weighted by molar-refractivity contribution is 5.35. The highest BCUT2D eigenvalue weighted by atomic mass is 16.6. The summed E-state index contributed by atoms with van der Waals surface area (Å²) in [5, 5.41) is 10.4. The van der Waals surface area contributed by atoms with Gasteiger partial charge in [0.25, 0.3) is 5.69 Å². The third-order valence-electron chi connectivity index (χ3n) is 2.04. The Morgan fingerprint density at radius 1 is 1.47 bits per heavy atom. The fraction of sp³-hybridized carbons (Fsp3) is 0.400. The van der Waals surface area contributed by atoms with Crippen LogP contribution < -0.4 is 10.5 Å². The maximum absolute atomic E-state index is 10.4. The maximum atomic E-state index is 10.4. The zero-order valence-electron chi connectivity index (χ0n) is 8.55. The quantitative estimate of drug-likeness (QED) is 0.592. The third kappa shape index (κ3) is 3.55. The Morgan fingerprint density at radius 2 is 2.07 bits per heavy atom. The average molecular weight is 210 g/mol. The minimum Gasteiger partial charge on any atom is -0.492 e. The Balaban J connectivity index is 2.53. The second-order valence-corrected chi connectivity index (χ2v) is 3.23. The van der Waals surface area contributed by atoms with E-state index in [1.54, 1.807) is 12.1 Å². The summed E-state index contributed by atoms with van der Waals surface area (Å²) in [7, 11) is 0. The number of rotatable bonds is 5. The Morgan fingerprint density at radius 3 is 2.53 bits per heavy atom. The van der Waals surface area contributed by atoms with Gasteiger partial charge in [0.15, 0.2) is 0 Å². The van der Waals surface area contributed by atoms with Crippen molar-refractivity contribution in [2.45, 2.75) is 19.4 Å². The molecular weight excluding hydrogens is 196 g/mol. The predicted molar refractivity (Wildman–Crippen MR) is 56.9 cm³/mol. The van der Waals surface area contributed by atoms with Gasteiger partial charge >= 0.3 is 0 Å². The van der Waals surface area contributed by atoms with Crippen LogP contribution in [-0.2, 0) is 0 Å². The lowest BCUT2D eigenvalue weighted by Gasteiger charge is -2.10. The molecule has 5 heteroatoms. The molecule has 0 aliphatic carbocycles. The molecule has 1 aromatic rings. The molecule has 0 spiro atoms. The fourth-order valence-electron chi connectivity index (χ4n) is 0.985. The van der Waals surface area contributed by atoms with Gasteiger partial charge in [-0.1, -0.05) is 6.92 Å². The molecule has 5 nitrogen and oxygen atoms in total. The van der Waals surface area contributed by atoms with Gasteiger partial charge in [0.05, 0.1) is 4.92 Å². The van der Waals surface area contributed by atoms with E-state index >= 15 is 0 Å². The molecular formula is C10H14N2O3. The standard InChI is InChI=1S/C10H14N2O3/c1-2-8(11)7-15-10-5-3-9(4-6-10)12(13)14/h3-6,8H,2,7,11H2,1H3/t8-/m1/s1.